The lowest BCUT2D eigenvalue weighted by Gasteiger charge is -2.30. The molecule has 0 spiro atoms. The van der Waals surface area contributed by atoms with E-state index in [1.54, 1.807) is 12.4 Å². The van der Waals surface area contributed by atoms with Crippen molar-refractivity contribution in [2.24, 2.45) is 11.7 Å². The van der Waals surface area contributed by atoms with Gasteiger partial charge in [0.1, 0.15) is 6.54 Å². The smallest absolute Gasteiger partial charge is 0.242 e. The number of carbonyl (C=O) groups excluding carboxylic acids is 1. The molecular weight excluding hydrogens is 230 g/mol. The Morgan fingerprint density at radius 2 is 2.22 bits per heavy atom. The number of aromatic nitrogens is 3. The summed E-state index contributed by atoms with van der Waals surface area (Å²) in [7, 11) is 0. The summed E-state index contributed by atoms with van der Waals surface area (Å²) in [6.07, 6.45) is 9.39. The Kier molecular flexibility index (Phi) is 4.69. The Morgan fingerprint density at radius 3 is 2.83 bits per heavy atom. The average Bonchev–Trinajstić information content (AvgIpc) is 2.90. The summed E-state index contributed by atoms with van der Waals surface area (Å²) in [6, 6.07) is 0.0984. The number of amides is 1. The Morgan fingerprint density at radius 1 is 1.44 bits per heavy atom. The van der Waals surface area contributed by atoms with E-state index in [4.69, 9.17) is 5.73 Å². The third-order valence-electron chi connectivity index (χ3n) is 3.60. The molecule has 100 valence electrons. The molecule has 0 bridgehead atoms. The van der Waals surface area contributed by atoms with E-state index in [0.29, 0.717) is 12.5 Å². The van der Waals surface area contributed by atoms with Gasteiger partial charge in [-0.3, -0.25) is 4.79 Å². The van der Waals surface area contributed by atoms with E-state index in [2.05, 4.69) is 15.6 Å². The van der Waals surface area contributed by atoms with E-state index in [1.807, 2.05) is 0 Å². The molecule has 3 N–H and O–H groups in total. The zero-order chi connectivity index (χ0) is 12.8. The van der Waals surface area contributed by atoms with Gasteiger partial charge in [0.2, 0.25) is 5.91 Å². The number of hydrogen-bond donors (Lipinski definition) is 2. The lowest BCUT2D eigenvalue weighted by molar-refractivity contribution is -0.123. The Hall–Kier alpha value is -1.43. The minimum atomic E-state index is -0.0403. The molecule has 1 saturated carbocycles. The highest BCUT2D eigenvalue weighted by molar-refractivity contribution is 5.76. The predicted octanol–water partition coefficient (Wildman–Crippen LogP) is 0.302. The maximum atomic E-state index is 11.9. The fourth-order valence-corrected chi connectivity index (χ4v) is 2.62. The van der Waals surface area contributed by atoms with Crippen molar-refractivity contribution >= 4 is 5.91 Å². The summed E-state index contributed by atoms with van der Waals surface area (Å²) in [5, 5.41) is 10.5. The van der Waals surface area contributed by atoms with Gasteiger partial charge in [-0.15, -0.1) is 5.10 Å². The van der Waals surface area contributed by atoms with Crippen molar-refractivity contribution in [2.75, 3.05) is 6.54 Å². The van der Waals surface area contributed by atoms with Crippen molar-refractivity contribution in [1.29, 1.82) is 0 Å². The number of rotatable bonds is 5. The van der Waals surface area contributed by atoms with Crippen LogP contribution in [0.25, 0.3) is 0 Å². The summed E-state index contributed by atoms with van der Waals surface area (Å²) in [5.41, 5.74) is 5.78. The fourth-order valence-electron chi connectivity index (χ4n) is 2.62. The maximum absolute atomic E-state index is 11.9. The standard InChI is InChI=1S/C12H21N5O/c13-8-11(10-4-2-1-3-5-10)15-12(18)9-17-7-6-14-16-17/h6-7,10-11H,1-5,8-9,13H2,(H,15,18). The van der Waals surface area contributed by atoms with Crippen molar-refractivity contribution in [2.45, 2.75) is 44.7 Å². The average molecular weight is 251 g/mol. The molecule has 1 amide bonds. The minimum absolute atomic E-state index is 0.0403. The van der Waals surface area contributed by atoms with Gasteiger partial charge in [0.25, 0.3) is 0 Å². The highest BCUT2D eigenvalue weighted by atomic mass is 16.2. The van der Waals surface area contributed by atoms with Crippen LogP contribution in [0.5, 0.6) is 0 Å². The van der Waals surface area contributed by atoms with E-state index < -0.39 is 0 Å². The number of carbonyl (C=O) groups is 1. The molecule has 6 heteroatoms. The van der Waals surface area contributed by atoms with Gasteiger partial charge in [0.05, 0.1) is 6.20 Å². The van der Waals surface area contributed by atoms with Gasteiger partial charge in [-0.25, -0.2) is 4.68 Å². The number of nitrogens with zero attached hydrogens (tertiary/aromatic N) is 3. The second-order valence-corrected chi connectivity index (χ2v) is 4.91. The lowest BCUT2D eigenvalue weighted by Crippen LogP contribution is -2.47. The monoisotopic (exact) mass is 251 g/mol. The van der Waals surface area contributed by atoms with Crippen LogP contribution in [0.15, 0.2) is 12.4 Å². The van der Waals surface area contributed by atoms with Crippen LogP contribution in [-0.2, 0) is 11.3 Å². The summed E-state index contributed by atoms with van der Waals surface area (Å²) >= 11 is 0. The molecule has 1 aliphatic rings. The van der Waals surface area contributed by atoms with Gasteiger partial charge in [0, 0.05) is 18.8 Å². The Bertz CT molecular complexity index is 359. The van der Waals surface area contributed by atoms with Gasteiger partial charge in [-0.05, 0) is 18.8 Å². The second kappa shape index (κ2) is 6.49. The molecule has 0 aromatic carbocycles. The second-order valence-electron chi connectivity index (χ2n) is 4.91. The van der Waals surface area contributed by atoms with Gasteiger partial charge in [0.15, 0.2) is 0 Å². The molecule has 1 aromatic rings. The van der Waals surface area contributed by atoms with Gasteiger partial charge >= 0.3 is 0 Å². The van der Waals surface area contributed by atoms with Crippen LogP contribution >= 0.6 is 0 Å². The zero-order valence-corrected chi connectivity index (χ0v) is 10.6. The van der Waals surface area contributed by atoms with Crippen molar-refractivity contribution in [1.82, 2.24) is 20.3 Å². The molecule has 18 heavy (non-hydrogen) atoms. The van der Waals surface area contributed by atoms with Crippen LogP contribution in [0.1, 0.15) is 32.1 Å². The summed E-state index contributed by atoms with van der Waals surface area (Å²) in [5.74, 6) is 0.491. The molecule has 1 atom stereocenters. The molecular formula is C12H21N5O. The van der Waals surface area contributed by atoms with Gasteiger partial charge in [-0.2, -0.15) is 0 Å². The van der Waals surface area contributed by atoms with Crippen molar-refractivity contribution in [3.8, 4) is 0 Å². The highest BCUT2D eigenvalue weighted by Gasteiger charge is 2.23. The summed E-state index contributed by atoms with van der Waals surface area (Å²) in [6.45, 7) is 0.719. The third-order valence-corrected chi connectivity index (χ3v) is 3.60. The predicted molar refractivity (Wildman–Crippen MR) is 67.6 cm³/mol. The first-order valence-corrected chi connectivity index (χ1v) is 6.63. The zero-order valence-electron chi connectivity index (χ0n) is 10.6. The van der Waals surface area contributed by atoms with Crippen LogP contribution in [-0.4, -0.2) is 33.5 Å². The minimum Gasteiger partial charge on any atom is -0.350 e. The first kappa shape index (κ1) is 13.0. The first-order valence-electron chi connectivity index (χ1n) is 6.63. The maximum Gasteiger partial charge on any atom is 0.242 e. The molecule has 1 fully saturated rings. The van der Waals surface area contributed by atoms with E-state index in [1.165, 1.54) is 36.8 Å². The quantitative estimate of drug-likeness (QED) is 0.788. The van der Waals surface area contributed by atoms with Crippen molar-refractivity contribution in [3.05, 3.63) is 12.4 Å². The first-order chi connectivity index (χ1) is 8.79. The number of nitrogens with two attached hydrogens (primary N) is 1. The summed E-state index contributed by atoms with van der Waals surface area (Å²) in [4.78, 5) is 11.9. The molecule has 1 aromatic heterocycles. The van der Waals surface area contributed by atoms with Crippen LogP contribution in [0.3, 0.4) is 0 Å². The number of hydrogen-bond acceptors (Lipinski definition) is 4. The van der Waals surface area contributed by atoms with Crippen LogP contribution in [0.2, 0.25) is 0 Å². The fraction of sp³-hybridized carbons (Fsp3) is 0.750. The molecule has 0 radical (unpaired) electrons. The van der Waals surface area contributed by atoms with Crippen LogP contribution in [0.4, 0.5) is 0 Å². The molecule has 1 aliphatic carbocycles. The van der Waals surface area contributed by atoms with E-state index >= 15 is 0 Å². The third kappa shape index (κ3) is 3.53. The van der Waals surface area contributed by atoms with Crippen molar-refractivity contribution in [3.63, 3.8) is 0 Å². The van der Waals surface area contributed by atoms with E-state index in [0.717, 1.165) is 0 Å². The van der Waals surface area contributed by atoms with Crippen LogP contribution in [0, 0.1) is 5.92 Å². The molecule has 0 saturated heterocycles. The SMILES string of the molecule is NCC(NC(=O)Cn1ccnn1)C1CCCCC1. The molecule has 1 unspecified atom stereocenters. The Labute approximate surface area is 107 Å². The van der Waals surface area contributed by atoms with Gasteiger partial charge in [-0.1, -0.05) is 24.5 Å². The van der Waals surface area contributed by atoms with Gasteiger partial charge < -0.3 is 11.1 Å². The highest BCUT2D eigenvalue weighted by Crippen LogP contribution is 2.26. The van der Waals surface area contributed by atoms with Crippen molar-refractivity contribution < 1.29 is 4.79 Å². The normalized spacial score (nSPS) is 18.5. The lowest BCUT2D eigenvalue weighted by atomic mass is 9.84. The number of nitrogens with one attached hydrogen (secondary N) is 1. The van der Waals surface area contributed by atoms with E-state index in [-0.39, 0.29) is 18.5 Å². The molecule has 0 aliphatic heterocycles. The molecule has 2 rings (SSSR count). The largest absolute Gasteiger partial charge is 0.350 e. The molecule has 6 nitrogen and oxygen atoms in total. The van der Waals surface area contributed by atoms with Crippen LogP contribution < -0.4 is 11.1 Å². The van der Waals surface area contributed by atoms with E-state index in [9.17, 15) is 4.79 Å². The summed E-state index contributed by atoms with van der Waals surface area (Å²) < 4.78 is 1.52. The Balaban J connectivity index is 1.83. The molecule has 1 heterocycles. The topological polar surface area (TPSA) is 85.8 Å².